The van der Waals surface area contributed by atoms with Gasteiger partial charge in [-0.15, -0.1) is 0 Å². The van der Waals surface area contributed by atoms with Crippen LogP contribution in [0.15, 0.2) is 27.3 Å². The van der Waals surface area contributed by atoms with Crippen LogP contribution >= 0.6 is 11.5 Å². The van der Waals surface area contributed by atoms with Gasteiger partial charge in [-0.2, -0.15) is 0 Å². The van der Waals surface area contributed by atoms with Crippen LogP contribution < -0.4 is 21.6 Å². The van der Waals surface area contributed by atoms with Crippen molar-refractivity contribution >= 4 is 38.3 Å². The monoisotopic (exact) mass is 390 g/mol. The molecular weight excluding hydrogens is 374 g/mol. The summed E-state index contributed by atoms with van der Waals surface area (Å²) in [4.78, 5) is 26.9. The van der Waals surface area contributed by atoms with E-state index in [9.17, 15) is 14.0 Å². The van der Waals surface area contributed by atoms with Crippen molar-refractivity contribution in [1.29, 1.82) is 0 Å². The maximum atomic E-state index is 15.6. The van der Waals surface area contributed by atoms with Crippen LogP contribution in [0.25, 0.3) is 21.1 Å². The predicted molar refractivity (Wildman–Crippen MR) is 102 cm³/mol. The standard InChI is InChI=1S/C18H16F2N4O2S/c19-11-5-10-14(13(20)15(11)23-4-3-8(6-21)7-23)24(9-1-2-9)18-12(16(10)25)17(26)22-27-18/h3,5,9H,1-2,4,6-7,21H2,(H,22,26). The first-order chi connectivity index (χ1) is 13.0. The normalized spacial score (nSPS) is 17.3. The van der Waals surface area contributed by atoms with Crippen molar-refractivity contribution in [1.82, 2.24) is 8.94 Å². The van der Waals surface area contributed by atoms with Crippen LogP contribution in [-0.4, -0.2) is 28.6 Å². The van der Waals surface area contributed by atoms with E-state index in [-0.39, 0.29) is 28.0 Å². The largest absolute Gasteiger partial charge is 0.359 e. The Kier molecular flexibility index (Phi) is 3.54. The summed E-state index contributed by atoms with van der Waals surface area (Å²) in [6, 6.07) is 1.07. The average Bonchev–Trinajstić information content (AvgIpc) is 3.24. The Morgan fingerprint density at radius 3 is 2.74 bits per heavy atom. The number of fused-ring (bicyclic) bond motifs is 2. The summed E-state index contributed by atoms with van der Waals surface area (Å²) in [5, 5.41) is -0.123. The van der Waals surface area contributed by atoms with E-state index in [2.05, 4.69) is 4.37 Å². The molecular formula is C18H16F2N4O2S. The van der Waals surface area contributed by atoms with E-state index in [0.29, 0.717) is 24.5 Å². The number of rotatable bonds is 3. The fraction of sp³-hybridized carbons (Fsp3) is 0.333. The van der Waals surface area contributed by atoms with E-state index in [1.165, 1.54) is 0 Å². The van der Waals surface area contributed by atoms with Crippen molar-refractivity contribution in [3.8, 4) is 0 Å². The number of aromatic amines is 1. The highest BCUT2D eigenvalue weighted by molar-refractivity contribution is 7.12. The topological polar surface area (TPSA) is 84.1 Å². The van der Waals surface area contributed by atoms with Crippen molar-refractivity contribution in [2.24, 2.45) is 5.73 Å². The van der Waals surface area contributed by atoms with Crippen molar-refractivity contribution in [2.75, 3.05) is 24.5 Å². The van der Waals surface area contributed by atoms with Gasteiger partial charge < -0.3 is 15.2 Å². The average molecular weight is 390 g/mol. The number of hydrogen-bond donors (Lipinski definition) is 2. The third kappa shape index (κ3) is 2.31. The fourth-order valence-electron chi connectivity index (χ4n) is 3.81. The molecule has 5 rings (SSSR count). The van der Waals surface area contributed by atoms with Crippen LogP contribution in [0.3, 0.4) is 0 Å². The van der Waals surface area contributed by atoms with Crippen molar-refractivity contribution in [3.05, 3.63) is 49.9 Å². The lowest BCUT2D eigenvalue weighted by Gasteiger charge is -2.22. The molecule has 1 saturated carbocycles. The summed E-state index contributed by atoms with van der Waals surface area (Å²) in [5.41, 5.74) is 5.32. The molecule has 0 amide bonds. The minimum absolute atomic E-state index is 0.00571. The zero-order chi connectivity index (χ0) is 18.9. The van der Waals surface area contributed by atoms with Crippen molar-refractivity contribution in [3.63, 3.8) is 0 Å². The molecule has 9 heteroatoms. The van der Waals surface area contributed by atoms with Gasteiger partial charge in [0.15, 0.2) is 5.82 Å². The Morgan fingerprint density at radius 1 is 1.30 bits per heavy atom. The summed E-state index contributed by atoms with van der Waals surface area (Å²) in [7, 11) is 0. The Labute approximate surface area is 155 Å². The van der Waals surface area contributed by atoms with E-state index in [1.54, 1.807) is 9.47 Å². The molecule has 140 valence electrons. The van der Waals surface area contributed by atoms with E-state index >= 15 is 4.39 Å². The third-order valence-corrected chi connectivity index (χ3v) is 6.15. The highest BCUT2D eigenvalue weighted by Gasteiger charge is 2.32. The Morgan fingerprint density at radius 2 is 2.07 bits per heavy atom. The molecule has 2 aromatic heterocycles. The lowest BCUT2D eigenvalue weighted by Crippen LogP contribution is -2.25. The van der Waals surface area contributed by atoms with Gasteiger partial charge in [0.2, 0.25) is 5.43 Å². The maximum Gasteiger partial charge on any atom is 0.271 e. The summed E-state index contributed by atoms with van der Waals surface area (Å²) in [6.45, 7) is 1.04. The highest BCUT2D eigenvalue weighted by atomic mass is 32.1. The first-order valence-electron chi connectivity index (χ1n) is 8.71. The number of H-pyrrole nitrogens is 1. The van der Waals surface area contributed by atoms with Gasteiger partial charge in [-0.1, -0.05) is 6.08 Å². The number of benzene rings is 1. The second kappa shape index (κ2) is 5.74. The van der Waals surface area contributed by atoms with Crippen LogP contribution in [0.1, 0.15) is 18.9 Å². The molecule has 6 nitrogen and oxygen atoms in total. The second-order valence-corrected chi connectivity index (χ2v) is 7.80. The molecule has 0 spiro atoms. The molecule has 3 heterocycles. The minimum atomic E-state index is -0.808. The van der Waals surface area contributed by atoms with Gasteiger partial charge in [0.1, 0.15) is 21.7 Å². The van der Waals surface area contributed by atoms with E-state index in [4.69, 9.17) is 5.73 Å². The SMILES string of the molecule is NCC1=CCN(c2c(F)cc3c(=O)c4c(=O)[nH]sc4n(C4CC4)c3c2F)C1. The van der Waals surface area contributed by atoms with E-state index in [1.807, 2.05) is 6.08 Å². The summed E-state index contributed by atoms with van der Waals surface area (Å²) in [6.07, 6.45) is 3.51. The van der Waals surface area contributed by atoms with Crippen LogP contribution in [0.5, 0.6) is 0 Å². The Balaban J connectivity index is 1.86. The molecule has 3 aromatic rings. The van der Waals surface area contributed by atoms with Gasteiger partial charge >= 0.3 is 0 Å². The zero-order valence-electron chi connectivity index (χ0n) is 14.2. The lowest BCUT2D eigenvalue weighted by molar-refractivity contribution is 0.580. The predicted octanol–water partition coefficient (Wildman–Crippen LogP) is 2.22. The Bertz CT molecular complexity index is 1250. The van der Waals surface area contributed by atoms with Crippen LogP contribution in [0, 0.1) is 11.6 Å². The molecule has 1 aliphatic carbocycles. The van der Waals surface area contributed by atoms with Crippen molar-refractivity contribution in [2.45, 2.75) is 18.9 Å². The van der Waals surface area contributed by atoms with Crippen LogP contribution in [0.4, 0.5) is 14.5 Å². The molecule has 2 aliphatic rings. The zero-order valence-corrected chi connectivity index (χ0v) is 15.0. The van der Waals surface area contributed by atoms with E-state index in [0.717, 1.165) is 36.0 Å². The van der Waals surface area contributed by atoms with Gasteiger partial charge in [0, 0.05) is 25.7 Å². The third-order valence-electron chi connectivity index (χ3n) is 5.27. The fourth-order valence-corrected chi connectivity index (χ4v) is 4.73. The smallest absolute Gasteiger partial charge is 0.271 e. The van der Waals surface area contributed by atoms with Gasteiger partial charge in [0.25, 0.3) is 5.56 Å². The van der Waals surface area contributed by atoms with Gasteiger partial charge in [-0.05, 0) is 36.0 Å². The maximum absolute atomic E-state index is 15.6. The molecule has 0 atom stereocenters. The first-order valence-corrected chi connectivity index (χ1v) is 9.53. The number of aromatic nitrogens is 2. The molecule has 1 fully saturated rings. The lowest BCUT2D eigenvalue weighted by atomic mass is 10.1. The highest BCUT2D eigenvalue weighted by Crippen LogP contribution is 2.42. The van der Waals surface area contributed by atoms with Gasteiger partial charge in [-0.25, -0.2) is 8.78 Å². The summed E-state index contributed by atoms with van der Waals surface area (Å²) >= 11 is 1.02. The summed E-state index contributed by atoms with van der Waals surface area (Å²) in [5.74, 6) is -1.57. The number of halogens is 2. The van der Waals surface area contributed by atoms with Gasteiger partial charge in [-0.3, -0.25) is 14.0 Å². The van der Waals surface area contributed by atoms with Gasteiger partial charge in [0.05, 0.1) is 10.9 Å². The number of nitrogens with one attached hydrogen (secondary N) is 1. The van der Waals surface area contributed by atoms with Crippen molar-refractivity contribution < 1.29 is 8.78 Å². The molecule has 0 saturated heterocycles. The van der Waals surface area contributed by atoms with Crippen LogP contribution in [0.2, 0.25) is 0 Å². The molecule has 1 aliphatic heterocycles. The molecule has 1 aromatic carbocycles. The minimum Gasteiger partial charge on any atom is -0.359 e. The summed E-state index contributed by atoms with van der Waals surface area (Å²) < 4.78 is 34.7. The quantitative estimate of drug-likeness (QED) is 0.672. The number of anilines is 1. The number of pyridine rings is 1. The van der Waals surface area contributed by atoms with E-state index < -0.39 is 22.6 Å². The Hall–Kier alpha value is -2.52. The molecule has 3 N–H and O–H groups in total. The first kappa shape index (κ1) is 16.6. The molecule has 0 radical (unpaired) electrons. The number of nitrogens with zero attached hydrogens (tertiary/aromatic N) is 2. The molecule has 27 heavy (non-hydrogen) atoms. The number of hydrogen-bond acceptors (Lipinski definition) is 5. The van der Waals surface area contributed by atoms with Crippen LogP contribution in [-0.2, 0) is 0 Å². The second-order valence-electron chi connectivity index (χ2n) is 7.01. The molecule has 0 bridgehead atoms. The number of nitrogens with two attached hydrogens (primary N) is 1. The molecule has 0 unspecified atom stereocenters.